The molecule has 0 fully saturated rings. The Kier molecular flexibility index (Phi) is 7.11. The topological polar surface area (TPSA) is 121 Å². The summed E-state index contributed by atoms with van der Waals surface area (Å²) in [6.07, 6.45) is 3.19. The zero-order valence-electron chi connectivity index (χ0n) is 18.8. The molecule has 4 N–H and O–H groups in total. The van der Waals surface area contributed by atoms with Crippen LogP contribution in [-0.4, -0.2) is 54.0 Å². The van der Waals surface area contributed by atoms with E-state index in [0.717, 1.165) is 22.5 Å². The van der Waals surface area contributed by atoms with Crippen LogP contribution in [0.25, 0.3) is 22.4 Å². The molecule has 0 spiro atoms. The van der Waals surface area contributed by atoms with E-state index in [-0.39, 0.29) is 12.6 Å². The largest absolute Gasteiger partial charge is 0.394 e. The number of hydrogen-bond donors (Lipinski definition) is 4. The minimum atomic E-state index is -0.769. The van der Waals surface area contributed by atoms with Gasteiger partial charge in [-0.25, -0.2) is 4.98 Å². The van der Waals surface area contributed by atoms with Crippen LogP contribution in [0.5, 0.6) is 0 Å². The van der Waals surface area contributed by atoms with Crippen molar-refractivity contribution in [2.24, 2.45) is 0 Å². The lowest BCUT2D eigenvalue weighted by molar-refractivity contribution is 0.0910. The summed E-state index contributed by atoms with van der Waals surface area (Å²) in [5, 5.41) is 25.1. The zero-order chi connectivity index (χ0) is 23.2. The lowest BCUT2D eigenvalue weighted by Crippen LogP contribution is -2.18. The van der Waals surface area contributed by atoms with E-state index in [4.69, 9.17) is 5.11 Å². The van der Waals surface area contributed by atoms with Gasteiger partial charge in [-0.3, -0.25) is 4.98 Å². The Labute approximate surface area is 192 Å². The lowest BCUT2D eigenvalue weighted by Gasteiger charge is -2.13. The van der Waals surface area contributed by atoms with Gasteiger partial charge < -0.3 is 25.4 Å². The highest BCUT2D eigenvalue weighted by atomic mass is 16.3. The third kappa shape index (κ3) is 5.44. The van der Waals surface area contributed by atoms with Crippen LogP contribution in [0.4, 0.5) is 11.8 Å². The quantitative estimate of drug-likeness (QED) is 0.292. The van der Waals surface area contributed by atoms with Gasteiger partial charge in [0.1, 0.15) is 0 Å². The second kappa shape index (κ2) is 10.4. The van der Waals surface area contributed by atoms with E-state index in [0.29, 0.717) is 36.8 Å². The van der Waals surface area contributed by atoms with Crippen molar-refractivity contribution < 1.29 is 10.2 Å². The van der Waals surface area contributed by atoms with Crippen molar-refractivity contribution in [1.82, 2.24) is 24.5 Å². The first-order chi connectivity index (χ1) is 16.0. The normalized spacial score (nSPS) is 12.3. The number of aliphatic hydroxyl groups excluding tert-OH is 2. The summed E-state index contributed by atoms with van der Waals surface area (Å²) in [4.78, 5) is 18.2. The minimum absolute atomic E-state index is 0.195. The summed E-state index contributed by atoms with van der Waals surface area (Å²) in [6, 6.07) is 14.3. The van der Waals surface area contributed by atoms with Crippen molar-refractivity contribution in [1.29, 1.82) is 0 Å². The summed E-state index contributed by atoms with van der Waals surface area (Å²) < 4.78 is 2.00. The van der Waals surface area contributed by atoms with Gasteiger partial charge in [-0.05, 0) is 38.0 Å². The maximum Gasteiger partial charge on any atom is 0.226 e. The fourth-order valence-electron chi connectivity index (χ4n) is 3.45. The van der Waals surface area contributed by atoms with Gasteiger partial charge >= 0.3 is 0 Å². The molecule has 1 atom stereocenters. The summed E-state index contributed by atoms with van der Waals surface area (Å²) in [5.74, 6) is 1.08. The van der Waals surface area contributed by atoms with Gasteiger partial charge in [-0.1, -0.05) is 30.3 Å². The summed E-state index contributed by atoms with van der Waals surface area (Å²) in [7, 11) is 0. The number of aromatic nitrogens is 5. The third-order valence-corrected chi connectivity index (χ3v) is 5.32. The van der Waals surface area contributed by atoms with Crippen molar-refractivity contribution in [3.63, 3.8) is 0 Å². The fraction of sp³-hybridized carbons (Fsp3) is 0.333. The van der Waals surface area contributed by atoms with E-state index in [1.54, 1.807) is 12.5 Å². The highest BCUT2D eigenvalue weighted by Crippen LogP contribution is 2.24. The van der Waals surface area contributed by atoms with E-state index in [1.165, 1.54) is 0 Å². The first kappa shape index (κ1) is 22.6. The molecule has 1 aromatic carbocycles. The predicted molar refractivity (Wildman–Crippen MR) is 129 cm³/mol. The van der Waals surface area contributed by atoms with E-state index in [2.05, 4.69) is 68.7 Å². The third-order valence-electron chi connectivity index (χ3n) is 5.32. The molecule has 0 aliphatic rings. The van der Waals surface area contributed by atoms with Crippen molar-refractivity contribution >= 4 is 22.9 Å². The van der Waals surface area contributed by atoms with Crippen LogP contribution in [0.15, 0.2) is 55.0 Å². The molecule has 33 heavy (non-hydrogen) atoms. The number of hydrogen-bond acceptors (Lipinski definition) is 8. The predicted octanol–water partition coefficient (Wildman–Crippen LogP) is 3.24. The Morgan fingerprint density at radius 2 is 1.82 bits per heavy atom. The van der Waals surface area contributed by atoms with Gasteiger partial charge in [-0.2, -0.15) is 9.97 Å². The molecule has 0 saturated carbocycles. The second-order valence-electron chi connectivity index (χ2n) is 8.13. The molecule has 0 bridgehead atoms. The SMILES string of the molecule is CC(C)n1cnc2c(NCc3ccc(-c4ccccn4)cc3)nc(NCC[C@H](O)CO)nc21. The van der Waals surface area contributed by atoms with Crippen LogP contribution in [0.2, 0.25) is 0 Å². The molecule has 4 rings (SSSR count). The van der Waals surface area contributed by atoms with Gasteiger partial charge in [0.15, 0.2) is 17.0 Å². The maximum absolute atomic E-state index is 9.59. The van der Waals surface area contributed by atoms with Gasteiger partial charge in [0, 0.05) is 30.9 Å². The van der Waals surface area contributed by atoms with Crippen molar-refractivity contribution in [3.05, 3.63) is 60.6 Å². The number of fused-ring (bicyclic) bond motifs is 1. The molecule has 0 aliphatic carbocycles. The number of nitrogens with one attached hydrogen (secondary N) is 2. The Morgan fingerprint density at radius 1 is 1.00 bits per heavy atom. The maximum atomic E-state index is 9.59. The number of aliphatic hydroxyl groups is 2. The number of benzene rings is 1. The molecule has 9 nitrogen and oxygen atoms in total. The van der Waals surface area contributed by atoms with Crippen LogP contribution >= 0.6 is 0 Å². The Hall–Kier alpha value is -3.56. The Bertz CT molecular complexity index is 1180. The number of pyridine rings is 1. The minimum Gasteiger partial charge on any atom is -0.394 e. The highest BCUT2D eigenvalue weighted by Gasteiger charge is 2.15. The first-order valence-corrected chi connectivity index (χ1v) is 11.1. The van der Waals surface area contributed by atoms with Crippen LogP contribution in [0.1, 0.15) is 31.9 Å². The Balaban J connectivity index is 1.53. The second-order valence-corrected chi connectivity index (χ2v) is 8.13. The zero-order valence-corrected chi connectivity index (χ0v) is 18.8. The van der Waals surface area contributed by atoms with E-state index in [9.17, 15) is 5.11 Å². The molecule has 0 amide bonds. The van der Waals surface area contributed by atoms with Crippen LogP contribution in [0.3, 0.4) is 0 Å². The van der Waals surface area contributed by atoms with E-state index < -0.39 is 6.10 Å². The van der Waals surface area contributed by atoms with Crippen LogP contribution in [0, 0.1) is 0 Å². The van der Waals surface area contributed by atoms with Gasteiger partial charge in [0.2, 0.25) is 5.95 Å². The number of imidazole rings is 1. The Morgan fingerprint density at radius 3 is 2.52 bits per heavy atom. The van der Waals surface area contributed by atoms with E-state index >= 15 is 0 Å². The van der Waals surface area contributed by atoms with E-state index in [1.807, 2.05) is 22.8 Å². The van der Waals surface area contributed by atoms with Gasteiger partial charge in [0.25, 0.3) is 0 Å². The molecule has 3 aromatic heterocycles. The van der Waals surface area contributed by atoms with Gasteiger partial charge in [0.05, 0.1) is 24.7 Å². The average Bonchev–Trinajstić information content (AvgIpc) is 3.28. The fourth-order valence-corrected chi connectivity index (χ4v) is 3.45. The number of rotatable bonds is 10. The lowest BCUT2D eigenvalue weighted by atomic mass is 10.1. The molecule has 3 heterocycles. The summed E-state index contributed by atoms with van der Waals surface area (Å²) in [5.41, 5.74) is 4.55. The number of nitrogens with zero attached hydrogens (tertiary/aromatic N) is 5. The van der Waals surface area contributed by atoms with Crippen LogP contribution < -0.4 is 10.6 Å². The average molecular weight is 448 g/mol. The summed E-state index contributed by atoms with van der Waals surface area (Å²) >= 11 is 0. The molecular weight excluding hydrogens is 418 g/mol. The molecule has 0 aliphatic heterocycles. The molecule has 0 unspecified atom stereocenters. The summed E-state index contributed by atoms with van der Waals surface area (Å²) in [6.45, 7) is 4.89. The van der Waals surface area contributed by atoms with Gasteiger partial charge in [-0.15, -0.1) is 0 Å². The molecular formula is C24H29N7O2. The molecule has 172 valence electrons. The molecule has 0 radical (unpaired) electrons. The van der Waals surface area contributed by atoms with Crippen molar-refractivity contribution in [3.8, 4) is 11.3 Å². The molecule has 0 saturated heterocycles. The van der Waals surface area contributed by atoms with Crippen LogP contribution in [-0.2, 0) is 6.54 Å². The molecule has 9 heteroatoms. The van der Waals surface area contributed by atoms with Crippen molar-refractivity contribution in [2.45, 2.75) is 39.0 Å². The smallest absolute Gasteiger partial charge is 0.226 e. The standard InChI is InChI=1S/C24H29N7O2/c1-16(2)31-15-28-21-22(29-24(30-23(21)31)26-12-10-19(33)14-32)27-13-17-6-8-18(9-7-17)20-5-3-4-11-25-20/h3-9,11,15-16,19,32-33H,10,12-14H2,1-2H3,(H2,26,27,29,30)/t19-/m0/s1. The van der Waals surface area contributed by atoms with Crippen molar-refractivity contribution in [2.75, 3.05) is 23.8 Å². The number of anilines is 2. The highest BCUT2D eigenvalue weighted by molar-refractivity contribution is 5.84. The molecule has 4 aromatic rings. The first-order valence-electron chi connectivity index (χ1n) is 11.1. The monoisotopic (exact) mass is 447 g/mol.